The molecule has 1 fully saturated rings. The monoisotopic (exact) mass is 308 g/mol. The predicted octanol–water partition coefficient (Wildman–Crippen LogP) is 2.54. The summed E-state index contributed by atoms with van der Waals surface area (Å²) in [5.41, 5.74) is 2.31. The van der Waals surface area contributed by atoms with Gasteiger partial charge in [0.1, 0.15) is 0 Å². The minimum atomic E-state index is -3.39. The Bertz CT molecular complexity index is 613. The van der Waals surface area contributed by atoms with Gasteiger partial charge in [0.15, 0.2) is 0 Å². The molecule has 1 heterocycles. The van der Waals surface area contributed by atoms with Crippen LogP contribution < -0.4 is 10.0 Å². The molecule has 0 radical (unpaired) electrons. The number of fused-ring (bicyclic) bond motifs is 1. The van der Waals surface area contributed by atoms with Crippen molar-refractivity contribution in [1.29, 1.82) is 0 Å². The van der Waals surface area contributed by atoms with Gasteiger partial charge in [0.25, 0.3) is 0 Å². The molecule has 4 nitrogen and oxygen atoms in total. The average Bonchev–Trinajstić information content (AvgIpc) is 2.94. The van der Waals surface area contributed by atoms with Gasteiger partial charge >= 0.3 is 0 Å². The molecule has 0 bridgehead atoms. The first-order chi connectivity index (χ1) is 10.1. The Balaban J connectivity index is 1.74. The summed E-state index contributed by atoms with van der Waals surface area (Å²) in [4.78, 5) is 0.406. The number of rotatable bonds is 4. The quantitative estimate of drug-likeness (QED) is 0.898. The van der Waals surface area contributed by atoms with Gasteiger partial charge in [-0.3, -0.25) is 0 Å². The second kappa shape index (κ2) is 6.07. The molecule has 2 unspecified atom stereocenters. The normalized spacial score (nSPS) is 25.8. The highest BCUT2D eigenvalue weighted by Gasteiger charge is 2.26. The first-order valence-electron chi connectivity index (χ1n) is 7.93. The third kappa shape index (κ3) is 3.30. The number of hydrogen-bond donors (Lipinski definition) is 2. The minimum absolute atomic E-state index is 0.0973. The SMILES string of the molecule is CCC1CCCC(NS(=O)(=O)c2ccc3c(c2)CNC3)C1. The summed E-state index contributed by atoms with van der Waals surface area (Å²) < 4.78 is 28.0. The maximum Gasteiger partial charge on any atom is 0.240 e. The summed E-state index contributed by atoms with van der Waals surface area (Å²) in [7, 11) is -3.39. The molecule has 1 aliphatic carbocycles. The Morgan fingerprint density at radius 2 is 2.05 bits per heavy atom. The van der Waals surface area contributed by atoms with Crippen LogP contribution in [0.2, 0.25) is 0 Å². The lowest BCUT2D eigenvalue weighted by Crippen LogP contribution is -2.38. The van der Waals surface area contributed by atoms with E-state index in [0.29, 0.717) is 10.8 Å². The van der Waals surface area contributed by atoms with Crippen LogP contribution in [0.25, 0.3) is 0 Å². The Hall–Kier alpha value is -0.910. The molecule has 2 atom stereocenters. The standard InChI is InChI=1S/C16H24N2O2S/c1-2-12-4-3-5-15(8-12)18-21(19,20)16-7-6-13-10-17-11-14(13)9-16/h6-7,9,12,15,17-18H,2-5,8,10-11H2,1H3. The van der Waals surface area contributed by atoms with E-state index in [4.69, 9.17) is 0 Å². The first-order valence-corrected chi connectivity index (χ1v) is 9.41. The molecule has 1 saturated carbocycles. The topological polar surface area (TPSA) is 58.2 Å². The molecular weight excluding hydrogens is 284 g/mol. The van der Waals surface area contributed by atoms with E-state index < -0.39 is 10.0 Å². The van der Waals surface area contributed by atoms with Crippen LogP contribution in [-0.4, -0.2) is 14.5 Å². The van der Waals surface area contributed by atoms with E-state index >= 15 is 0 Å². The lowest BCUT2D eigenvalue weighted by molar-refractivity contribution is 0.301. The van der Waals surface area contributed by atoms with Crippen LogP contribution in [0, 0.1) is 5.92 Å². The molecule has 0 saturated heterocycles. The fourth-order valence-electron chi connectivity index (χ4n) is 3.49. The highest BCUT2D eigenvalue weighted by molar-refractivity contribution is 7.89. The van der Waals surface area contributed by atoms with Crippen molar-refractivity contribution in [2.45, 2.75) is 63.1 Å². The van der Waals surface area contributed by atoms with Gasteiger partial charge in [0.2, 0.25) is 10.0 Å². The predicted molar refractivity (Wildman–Crippen MR) is 83.3 cm³/mol. The fraction of sp³-hybridized carbons (Fsp3) is 0.625. The molecular formula is C16H24N2O2S. The number of hydrogen-bond acceptors (Lipinski definition) is 3. The Morgan fingerprint density at radius 1 is 1.24 bits per heavy atom. The second-order valence-corrected chi connectivity index (χ2v) is 8.01. The summed E-state index contributed by atoms with van der Waals surface area (Å²) in [5.74, 6) is 0.663. The lowest BCUT2D eigenvalue weighted by atomic mass is 9.85. The van der Waals surface area contributed by atoms with Crippen LogP contribution in [-0.2, 0) is 23.1 Å². The molecule has 3 rings (SSSR count). The van der Waals surface area contributed by atoms with Crippen LogP contribution in [0.4, 0.5) is 0 Å². The molecule has 1 aromatic carbocycles. The van der Waals surface area contributed by atoms with E-state index in [1.165, 1.54) is 12.0 Å². The largest absolute Gasteiger partial charge is 0.309 e. The van der Waals surface area contributed by atoms with Crippen molar-refractivity contribution in [2.75, 3.05) is 0 Å². The van der Waals surface area contributed by atoms with Crippen LogP contribution in [0.5, 0.6) is 0 Å². The van der Waals surface area contributed by atoms with E-state index in [1.807, 2.05) is 12.1 Å². The maximum absolute atomic E-state index is 12.6. The van der Waals surface area contributed by atoms with Crippen LogP contribution in [0.1, 0.15) is 50.2 Å². The highest BCUT2D eigenvalue weighted by Crippen LogP contribution is 2.28. The molecule has 0 aromatic heterocycles. The zero-order valence-corrected chi connectivity index (χ0v) is 13.4. The summed E-state index contributed by atoms with van der Waals surface area (Å²) in [5, 5.41) is 3.25. The van der Waals surface area contributed by atoms with Crippen molar-refractivity contribution in [1.82, 2.24) is 10.0 Å². The van der Waals surface area contributed by atoms with Crippen LogP contribution in [0.15, 0.2) is 23.1 Å². The average molecular weight is 308 g/mol. The van der Waals surface area contributed by atoms with E-state index in [9.17, 15) is 8.42 Å². The van der Waals surface area contributed by atoms with Gasteiger partial charge in [-0.15, -0.1) is 0 Å². The highest BCUT2D eigenvalue weighted by atomic mass is 32.2. The summed E-state index contributed by atoms with van der Waals surface area (Å²) >= 11 is 0. The second-order valence-electron chi connectivity index (χ2n) is 6.29. The molecule has 116 valence electrons. The lowest BCUT2D eigenvalue weighted by Gasteiger charge is -2.28. The fourth-order valence-corrected chi connectivity index (χ4v) is 4.83. The van der Waals surface area contributed by atoms with Gasteiger partial charge in [-0.05, 0) is 42.0 Å². The van der Waals surface area contributed by atoms with Gasteiger partial charge in [-0.2, -0.15) is 0 Å². The van der Waals surface area contributed by atoms with Crippen molar-refractivity contribution < 1.29 is 8.42 Å². The van der Waals surface area contributed by atoms with Crippen molar-refractivity contribution in [3.8, 4) is 0 Å². The molecule has 5 heteroatoms. The molecule has 2 aliphatic rings. The summed E-state index contributed by atoms with van der Waals surface area (Å²) in [6.07, 6.45) is 5.44. The van der Waals surface area contributed by atoms with E-state index in [2.05, 4.69) is 17.0 Å². The Labute approximate surface area is 127 Å². The molecule has 21 heavy (non-hydrogen) atoms. The number of nitrogens with one attached hydrogen (secondary N) is 2. The summed E-state index contributed by atoms with van der Waals surface area (Å²) in [6, 6.07) is 5.58. The Morgan fingerprint density at radius 3 is 2.86 bits per heavy atom. The Kier molecular flexibility index (Phi) is 4.33. The minimum Gasteiger partial charge on any atom is -0.309 e. The van der Waals surface area contributed by atoms with Gasteiger partial charge in [0.05, 0.1) is 4.90 Å². The molecule has 0 spiro atoms. The van der Waals surface area contributed by atoms with Crippen LogP contribution >= 0.6 is 0 Å². The molecule has 1 aromatic rings. The van der Waals surface area contributed by atoms with E-state index in [0.717, 1.165) is 44.3 Å². The first kappa shape index (κ1) is 15.0. The maximum atomic E-state index is 12.6. The zero-order chi connectivity index (χ0) is 14.9. The van der Waals surface area contributed by atoms with Gasteiger partial charge in [-0.1, -0.05) is 32.3 Å². The smallest absolute Gasteiger partial charge is 0.240 e. The van der Waals surface area contributed by atoms with Crippen molar-refractivity contribution in [2.24, 2.45) is 5.92 Å². The van der Waals surface area contributed by atoms with Crippen molar-refractivity contribution in [3.63, 3.8) is 0 Å². The van der Waals surface area contributed by atoms with Crippen LogP contribution in [0.3, 0.4) is 0 Å². The van der Waals surface area contributed by atoms with Crippen molar-refractivity contribution in [3.05, 3.63) is 29.3 Å². The van der Waals surface area contributed by atoms with Gasteiger partial charge < -0.3 is 5.32 Å². The zero-order valence-electron chi connectivity index (χ0n) is 12.6. The van der Waals surface area contributed by atoms with Gasteiger partial charge in [-0.25, -0.2) is 13.1 Å². The van der Waals surface area contributed by atoms with Crippen molar-refractivity contribution >= 4 is 10.0 Å². The summed E-state index contributed by atoms with van der Waals surface area (Å²) in [6.45, 7) is 3.79. The molecule has 2 N–H and O–H groups in total. The third-order valence-corrected chi connectivity index (χ3v) is 6.32. The van der Waals surface area contributed by atoms with E-state index in [1.54, 1.807) is 6.07 Å². The number of benzene rings is 1. The molecule has 0 amide bonds. The van der Waals surface area contributed by atoms with Gasteiger partial charge in [0, 0.05) is 19.1 Å². The van der Waals surface area contributed by atoms with E-state index in [-0.39, 0.29) is 6.04 Å². The number of sulfonamides is 1. The third-order valence-electron chi connectivity index (χ3n) is 4.80. The molecule has 1 aliphatic heterocycles.